The van der Waals surface area contributed by atoms with Crippen molar-refractivity contribution in [3.8, 4) is 11.5 Å². The molecule has 0 aliphatic carbocycles. The van der Waals surface area contributed by atoms with E-state index in [-0.39, 0.29) is 0 Å². The standard InChI is InChI=1S/C21H27BrN4O2/c1-23-21(24-13-15-4-6-16(22)7-5-15)25-17-8-9-26(14-17)18-10-19(27-2)12-20(11-18)28-3/h4-7,10-12,17H,8-9,13-14H2,1-3H3,(H2,23,24,25). The molecule has 3 rings (SSSR count). The zero-order chi connectivity index (χ0) is 19.9. The number of nitrogens with zero attached hydrogens (tertiary/aromatic N) is 2. The maximum Gasteiger partial charge on any atom is 0.191 e. The summed E-state index contributed by atoms with van der Waals surface area (Å²) in [5.41, 5.74) is 2.32. The normalized spacial score (nSPS) is 16.8. The first-order valence-electron chi connectivity index (χ1n) is 9.31. The molecule has 0 spiro atoms. The van der Waals surface area contributed by atoms with E-state index in [0.717, 1.165) is 53.7 Å². The Morgan fingerprint density at radius 3 is 2.43 bits per heavy atom. The third-order valence-electron chi connectivity index (χ3n) is 4.83. The van der Waals surface area contributed by atoms with Gasteiger partial charge in [0.05, 0.1) is 14.2 Å². The summed E-state index contributed by atoms with van der Waals surface area (Å²) >= 11 is 3.46. The monoisotopic (exact) mass is 446 g/mol. The fourth-order valence-corrected chi connectivity index (χ4v) is 3.53. The first-order chi connectivity index (χ1) is 13.6. The number of hydrogen-bond donors (Lipinski definition) is 2. The fraction of sp³-hybridized carbons (Fsp3) is 0.381. The van der Waals surface area contributed by atoms with Crippen molar-refractivity contribution in [1.82, 2.24) is 10.6 Å². The van der Waals surface area contributed by atoms with Crippen molar-refractivity contribution in [2.45, 2.75) is 19.0 Å². The molecule has 1 atom stereocenters. The van der Waals surface area contributed by atoms with Crippen LogP contribution in [0.5, 0.6) is 11.5 Å². The van der Waals surface area contributed by atoms with E-state index in [1.54, 1.807) is 21.3 Å². The molecular formula is C21H27BrN4O2. The Bertz CT molecular complexity index is 788. The highest BCUT2D eigenvalue weighted by molar-refractivity contribution is 9.10. The number of nitrogens with one attached hydrogen (secondary N) is 2. The third kappa shape index (κ3) is 5.32. The molecule has 0 radical (unpaired) electrons. The van der Waals surface area contributed by atoms with Crippen LogP contribution >= 0.6 is 15.9 Å². The van der Waals surface area contributed by atoms with Gasteiger partial charge in [-0.3, -0.25) is 4.99 Å². The number of rotatable bonds is 6. The molecule has 0 saturated carbocycles. The molecule has 1 saturated heterocycles. The summed E-state index contributed by atoms with van der Waals surface area (Å²) in [6.45, 7) is 2.60. The highest BCUT2D eigenvalue weighted by atomic mass is 79.9. The molecule has 0 aromatic heterocycles. The van der Waals surface area contributed by atoms with Crippen LogP contribution in [-0.4, -0.2) is 46.4 Å². The van der Waals surface area contributed by atoms with Gasteiger partial charge in [0.1, 0.15) is 11.5 Å². The van der Waals surface area contributed by atoms with Crippen molar-refractivity contribution in [3.05, 3.63) is 52.5 Å². The second kappa shape index (κ2) is 9.68. The second-order valence-corrected chi connectivity index (χ2v) is 7.61. The summed E-state index contributed by atoms with van der Waals surface area (Å²) in [5.74, 6) is 2.42. The minimum atomic E-state index is 0.327. The Morgan fingerprint density at radius 2 is 1.82 bits per heavy atom. The number of ether oxygens (including phenoxy) is 2. The molecule has 150 valence electrons. The van der Waals surface area contributed by atoms with Gasteiger partial charge in [0.15, 0.2) is 5.96 Å². The van der Waals surface area contributed by atoms with E-state index in [4.69, 9.17) is 9.47 Å². The lowest BCUT2D eigenvalue weighted by Gasteiger charge is -2.21. The lowest BCUT2D eigenvalue weighted by atomic mass is 10.2. The Hall–Kier alpha value is -2.41. The molecule has 28 heavy (non-hydrogen) atoms. The van der Waals surface area contributed by atoms with E-state index in [1.807, 2.05) is 30.3 Å². The van der Waals surface area contributed by atoms with Crippen molar-refractivity contribution in [2.24, 2.45) is 4.99 Å². The minimum Gasteiger partial charge on any atom is -0.497 e. The molecule has 1 unspecified atom stereocenters. The average Bonchev–Trinajstić information content (AvgIpc) is 3.20. The molecular weight excluding hydrogens is 420 g/mol. The van der Waals surface area contributed by atoms with E-state index in [1.165, 1.54) is 5.56 Å². The Kier molecular flexibility index (Phi) is 7.03. The highest BCUT2D eigenvalue weighted by Gasteiger charge is 2.24. The van der Waals surface area contributed by atoms with Gasteiger partial charge in [-0.25, -0.2) is 0 Å². The smallest absolute Gasteiger partial charge is 0.191 e. The van der Waals surface area contributed by atoms with Crippen LogP contribution in [0.15, 0.2) is 51.9 Å². The van der Waals surface area contributed by atoms with E-state index < -0.39 is 0 Å². The van der Waals surface area contributed by atoms with Crippen molar-refractivity contribution >= 4 is 27.6 Å². The molecule has 2 N–H and O–H groups in total. The van der Waals surface area contributed by atoms with Gasteiger partial charge >= 0.3 is 0 Å². The molecule has 0 bridgehead atoms. The highest BCUT2D eigenvalue weighted by Crippen LogP contribution is 2.30. The van der Waals surface area contributed by atoms with Gasteiger partial charge in [-0.05, 0) is 24.1 Å². The summed E-state index contributed by atoms with van der Waals surface area (Å²) in [5, 5.41) is 6.92. The van der Waals surface area contributed by atoms with Crippen LogP contribution < -0.4 is 25.0 Å². The zero-order valence-corrected chi connectivity index (χ0v) is 18.1. The van der Waals surface area contributed by atoms with Gasteiger partial charge in [-0.1, -0.05) is 28.1 Å². The largest absolute Gasteiger partial charge is 0.497 e. The summed E-state index contributed by atoms with van der Waals surface area (Å²) in [6, 6.07) is 14.6. The third-order valence-corrected chi connectivity index (χ3v) is 5.36. The molecule has 1 aliphatic rings. The second-order valence-electron chi connectivity index (χ2n) is 6.70. The summed E-state index contributed by atoms with van der Waals surface area (Å²) < 4.78 is 11.9. The molecule has 6 nitrogen and oxygen atoms in total. The van der Waals surface area contributed by atoms with Gasteiger partial charge in [-0.15, -0.1) is 0 Å². The average molecular weight is 447 g/mol. The van der Waals surface area contributed by atoms with Gasteiger partial charge in [0.25, 0.3) is 0 Å². The number of benzene rings is 2. The summed E-state index contributed by atoms with van der Waals surface area (Å²) in [7, 11) is 5.15. The van der Waals surface area contributed by atoms with Crippen molar-refractivity contribution in [3.63, 3.8) is 0 Å². The maximum atomic E-state index is 5.39. The van der Waals surface area contributed by atoms with Crippen LogP contribution in [0, 0.1) is 0 Å². The van der Waals surface area contributed by atoms with Crippen LogP contribution in [0.3, 0.4) is 0 Å². The van der Waals surface area contributed by atoms with E-state index in [9.17, 15) is 0 Å². The van der Waals surface area contributed by atoms with Crippen LogP contribution in [0.2, 0.25) is 0 Å². The van der Waals surface area contributed by atoms with Gasteiger partial charge in [0.2, 0.25) is 0 Å². The number of methoxy groups -OCH3 is 2. The number of halogens is 1. The molecule has 7 heteroatoms. The first kappa shape index (κ1) is 20.3. The van der Waals surface area contributed by atoms with Crippen molar-refractivity contribution in [2.75, 3.05) is 39.3 Å². The lowest BCUT2D eigenvalue weighted by molar-refractivity contribution is 0.394. The maximum absolute atomic E-state index is 5.39. The molecule has 1 fully saturated rings. The van der Waals surface area contributed by atoms with Gasteiger partial charge in [-0.2, -0.15) is 0 Å². The quantitative estimate of drug-likeness (QED) is 0.525. The molecule has 1 heterocycles. The molecule has 2 aromatic carbocycles. The number of anilines is 1. The van der Waals surface area contributed by atoms with Gasteiger partial charge < -0.3 is 25.0 Å². The number of guanidine groups is 1. The van der Waals surface area contributed by atoms with E-state index in [0.29, 0.717) is 6.04 Å². The van der Waals surface area contributed by atoms with Crippen LogP contribution in [0.25, 0.3) is 0 Å². The Labute approximate surface area is 175 Å². The molecule has 0 amide bonds. The first-order valence-corrected chi connectivity index (χ1v) is 10.1. The number of aliphatic imine (C=N–C) groups is 1. The van der Waals surface area contributed by atoms with Crippen molar-refractivity contribution < 1.29 is 9.47 Å². The zero-order valence-electron chi connectivity index (χ0n) is 16.5. The van der Waals surface area contributed by atoms with Crippen LogP contribution in [-0.2, 0) is 6.54 Å². The predicted octanol–water partition coefficient (Wildman–Crippen LogP) is 3.41. The predicted molar refractivity (Wildman–Crippen MR) is 118 cm³/mol. The lowest BCUT2D eigenvalue weighted by Crippen LogP contribution is -2.44. The SMILES string of the molecule is CN=C(NCc1ccc(Br)cc1)NC1CCN(c2cc(OC)cc(OC)c2)C1. The fourth-order valence-electron chi connectivity index (χ4n) is 3.26. The van der Waals surface area contributed by atoms with Crippen LogP contribution in [0.4, 0.5) is 5.69 Å². The Balaban J connectivity index is 1.56. The topological polar surface area (TPSA) is 58.1 Å². The molecule has 1 aliphatic heterocycles. The summed E-state index contributed by atoms with van der Waals surface area (Å²) in [6.07, 6.45) is 1.04. The van der Waals surface area contributed by atoms with Gasteiger partial charge in [0, 0.05) is 61.1 Å². The number of hydrogen-bond acceptors (Lipinski definition) is 4. The minimum absolute atomic E-state index is 0.327. The summed E-state index contributed by atoms with van der Waals surface area (Å²) in [4.78, 5) is 6.70. The Morgan fingerprint density at radius 1 is 1.14 bits per heavy atom. The van der Waals surface area contributed by atoms with Crippen molar-refractivity contribution in [1.29, 1.82) is 0 Å². The van der Waals surface area contributed by atoms with E-state index >= 15 is 0 Å². The van der Waals surface area contributed by atoms with E-state index in [2.05, 4.69) is 48.6 Å². The van der Waals surface area contributed by atoms with Crippen LogP contribution in [0.1, 0.15) is 12.0 Å². The molecule has 2 aromatic rings.